The Morgan fingerprint density at radius 2 is 1.83 bits per heavy atom. The zero-order valence-corrected chi connectivity index (χ0v) is 6.99. The van der Waals surface area contributed by atoms with Crippen molar-refractivity contribution in [3.05, 3.63) is 41.7 Å². The summed E-state index contributed by atoms with van der Waals surface area (Å²) in [7, 11) is 2.04. The minimum atomic E-state index is 0.330. The number of hydrogen-bond acceptors (Lipinski definition) is 2. The average molecular weight is 161 g/mol. The van der Waals surface area contributed by atoms with Gasteiger partial charge in [0.1, 0.15) is 5.75 Å². The van der Waals surface area contributed by atoms with Crippen molar-refractivity contribution in [2.75, 3.05) is 7.05 Å². The van der Waals surface area contributed by atoms with Gasteiger partial charge in [-0.25, -0.2) is 0 Å². The van der Waals surface area contributed by atoms with Crippen molar-refractivity contribution in [3.8, 4) is 5.75 Å². The minimum absolute atomic E-state index is 0.330. The Labute approximate surface area is 71.7 Å². The summed E-state index contributed by atoms with van der Waals surface area (Å²) in [4.78, 5) is 2.10. The molecule has 1 aromatic rings. The van der Waals surface area contributed by atoms with Gasteiger partial charge in [-0.3, -0.25) is 0 Å². The predicted molar refractivity (Wildman–Crippen MR) is 47.7 cm³/mol. The Hall–Kier alpha value is -1.44. The number of hydrogen-bond donors (Lipinski definition) is 1. The van der Waals surface area contributed by atoms with Gasteiger partial charge in [0.15, 0.2) is 0 Å². The highest BCUT2D eigenvalue weighted by Gasteiger charge is 2.14. The number of benzene rings is 1. The minimum Gasteiger partial charge on any atom is -0.508 e. The van der Waals surface area contributed by atoms with Crippen molar-refractivity contribution in [3.63, 3.8) is 0 Å². The molecule has 0 unspecified atom stereocenters. The molecule has 0 fully saturated rings. The number of nitrogens with zero attached hydrogens (tertiary/aromatic N) is 1. The molecule has 0 aromatic heterocycles. The van der Waals surface area contributed by atoms with Crippen LogP contribution in [0.2, 0.25) is 0 Å². The van der Waals surface area contributed by atoms with Gasteiger partial charge in [0.2, 0.25) is 0 Å². The molecular weight excluding hydrogens is 150 g/mol. The molecule has 1 N–H and O–H groups in total. The van der Waals surface area contributed by atoms with E-state index in [9.17, 15) is 0 Å². The second-order valence-corrected chi connectivity index (χ2v) is 3.07. The van der Waals surface area contributed by atoms with E-state index in [1.165, 1.54) is 11.3 Å². The number of likely N-dealkylation sites (N-methyl/N-ethyl adjacent to an activating group) is 1. The topological polar surface area (TPSA) is 23.2 Å². The summed E-state index contributed by atoms with van der Waals surface area (Å²) >= 11 is 0. The largest absolute Gasteiger partial charge is 0.508 e. The van der Waals surface area contributed by atoms with E-state index in [4.69, 9.17) is 5.11 Å². The van der Waals surface area contributed by atoms with Crippen LogP contribution in [0, 0.1) is 0 Å². The Morgan fingerprint density at radius 1 is 1.25 bits per heavy atom. The van der Waals surface area contributed by atoms with Crippen LogP contribution < -0.4 is 0 Å². The van der Waals surface area contributed by atoms with Crippen LogP contribution in [-0.2, 0) is 6.42 Å². The van der Waals surface area contributed by atoms with E-state index in [2.05, 4.69) is 11.1 Å². The quantitative estimate of drug-likeness (QED) is 0.713. The van der Waals surface area contributed by atoms with Crippen LogP contribution in [0.5, 0.6) is 5.75 Å². The number of aromatic hydroxyl groups is 1. The lowest BCUT2D eigenvalue weighted by Crippen LogP contribution is -1.91. The van der Waals surface area contributed by atoms with Crippen molar-refractivity contribution in [2.24, 2.45) is 0 Å². The van der Waals surface area contributed by atoms with E-state index >= 15 is 0 Å². The fraction of sp³-hybridized carbons (Fsp3) is 0.200. The highest BCUT2D eigenvalue weighted by molar-refractivity contribution is 5.31. The summed E-state index contributed by atoms with van der Waals surface area (Å²) in [5, 5.41) is 9.03. The van der Waals surface area contributed by atoms with Gasteiger partial charge in [0.25, 0.3) is 0 Å². The van der Waals surface area contributed by atoms with Crippen molar-refractivity contribution >= 4 is 0 Å². The van der Waals surface area contributed by atoms with Crippen LogP contribution in [0.3, 0.4) is 0 Å². The lowest BCUT2D eigenvalue weighted by atomic mass is 10.1. The zero-order chi connectivity index (χ0) is 8.55. The van der Waals surface area contributed by atoms with Gasteiger partial charge in [0, 0.05) is 25.4 Å². The second-order valence-electron chi connectivity index (χ2n) is 3.07. The first kappa shape index (κ1) is 7.22. The molecule has 1 heterocycles. The van der Waals surface area contributed by atoms with E-state index in [0.29, 0.717) is 5.75 Å². The summed E-state index contributed by atoms with van der Waals surface area (Å²) in [6.45, 7) is 0. The first-order chi connectivity index (χ1) is 5.75. The van der Waals surface area contributed by atoms with Crippen LogP contribution in [0.15, 0.2) is 36.2 Å². The highest BCUT2D eigenvalue weighted by atomic mass is 16.3. The molecule has 0 radical (unpaired) electrons. The third-order valence-electron chi connectivity index (χ3n) is 2.05. The number of phenolic OH excluding ortho intramolecular Hbond substituents is 1. The Balaban J connectivity index is 2.05. The average Bonchev–Trinajstić information content (AvgIpc) is 2.72. The van der Waals surface area contributed by atoms with Crippen molar-refractivity contribution in [2.45, 2.75) is 6.42 Å². The Kier molecular flexibility index (Phi) is 1.54. The maximum atomic E-state index is 9.03. The van der Waals surface area contributed by atoms with Crippen LogP contribution >= 0.6 is 0 Å². The first-order valence-corrected chi connectivity index (χ1v) is 3.97. The van der Waals surface area contributed by atoms with Gasteiger partial charge >= 0.3 is 0 Å². The molecular formula is C10H11NO. The lowest BCUT2D eigenvalue weighted by molar-refractivity contribution is 0.475. The molecule has 0 spiro atoms. The maximum absolute atomic E-state index is 9.03. The molecule has 0 saturated carbocycles. The summed E-state index contributed by atoms with van der Waals surface area (Å²) in [6, 6.07) is 7.33. The monoisotopic (exact) mass is 161 g/mol. The van der Waals surface area contributed by atoms with Gasteiger partial charge in [-0.2, -0.15) is 0 Å². The molecule has 0 aliphatic carbocycles. The van der Waals surface area contributed by atoms with Crippen molar-refractivity contribution < 1.29 is 5.11 Å². The Morgan fingerprint density at radius 3 is 2.33 bits per heavy atom. The molecule has 1 aliphatic rings. The van der Waals surface area contributed by atoms with Gasteiger partial charge in [0.05, 0.1) is 0 Å². The van der Waals surface area contributed by atoms with Crippen LogP contribution in [-0.4, -0.2) is 17.1 Å². The van der Waals surface area contributed by atoms with Crippen LogP contribution in [0.25, 0.3) is 0 Å². The third kappa shape index (κ3) is 1.42. The van der Waals surface area contributed by atoms with E-state index in [0.717, 1.165) is 6.42 Å². The molecule has 62 valence electrons. The summed E-state index contributed by atoms with van der Waals surface area (Å²) in [5.74, 6) is 0.330. The second kappa shape index (κ2) is 2.55. The van der Waals surface area contributed by atoms with Crippen LogP contribution in [0.4, 0.5) is 0 Å². The van der Waals surface area contributed by atoms with E-state index in [1.807, 2.05) is 19.2 Å². The summed E-state index contributed by atoms with van der Waals surface area (Å²) in [5.41, 5.74) is 2.59. The van der Waals surface area contributed by atoms with E-state index in [-0.39, 0.29) is 0 Å². The Bertz CT molecular complexity index is 313. The van der Waals surface area contributed by atoms with Gasteiger partial charge in [-0.1, -0.05) is 12.1 Å². The molecule has 1 aliphatic heterocycles. The van der Waals surface area contributed by atoms with Crippen molar-refractivity contribution in [1.29, 1.82) is 0 Å². The highest BCUT2D eigenvalue weighted by Crippen LogP contribution is 2.22. The molecule has 0 saturated heterocycles. The maximum Gasteiger partial charge on any atom is 0.115 e. The molecule has 0 amide bonds. The third-order valence-corrected chi connectivity index (χ3v) is 2.05. The van der Waals surface area contributed by atoms with Gasteiger partial charge < -0.3 is 10.0 Å². The van der Waals surface area contributed by atoms with Gasteiger partial charge in [-0.05, 0) is 17.7 Å². The zero-order valence-electron chi connectivity index (χ0n) is 6.99. The molecule has 2 nitrogen and oxygen atoms in total. The fourth-order valence-electron chi connectivity index (χ4n) is 1.19. The molecule has 12 heavy (non-hydrogen) atoms. The molecule has 0 atom stereocenters. The molecule has 0 bridgehead atoms. The van der Waals surface area contributed by atoms with Crippen molar-refractivity contribution in [1.82, 2.24) is 4.90 Å². The summed E-state index contributed by atoms with van der Waals surface area (Å²) in [6.07, 6.45) is 3.07. The number of allylic oxidation sites excluding steroid dienone is 1. The molecule has 2 heteroatoms. The number of phenols is 1. The smallest absolute Gasteiger partial charge is 0.115 e. The lowest BCUT2D eigenvalue weighted by Gasteiger charge is -1.99. The standard InChI is InChI=1S/C10H11NO/c1-11-7-9(11)6-8-2-4-10(12)5-3-8/h2-5,7,12H,6H2,1H3. The summed E-state index contributed by atoms with van der Waals surface area (Å²) < 4.78 is 0. The van der Waals surface area contributed by atoms with E-state index < -0.39 is 0 Å². The predicted octanol–water partition coefficient (Wildman–Crippen LogP) is 1.72. The van der Waals surface area contributed by atoms with Gasteiger partial charge in [-0.15, -0.1) is 0 Å². The number of rotatable bonds is 2. The molecule has 1 aromatic carbocycles. The normalized spacial score (nSPS) is 14.4. The van der Waals surface area contributed by atoms with Crippen LogP contribution in [0.1, 0.15) is 5.56 Å². The fourth-order valence-corrected chi connectivity index (χ4v) is 1.19. The first-order valence-electron chi connectivity index (χ1n) is 3.97. The van der Waals surface area contributed by atoms with E-state index in [1.54, 1.807) is 12.1 Å². The molecule has 2 rings (SSSR count). The SMILES string of the molecule is CN1C=C1Cc1ccc(O)cc1.